The van der Waals surface area contributed by atoms with Crippen LogP contribution in [0.3, 0.4) is 0 Å². The van der Waals surface area contributed by atoms with Gasteiger partial charge in [-0.1, -0.05) is 36.4 Å². The number of amides is 1. The van der Waals surface area contributed by atoms with Gasteiger partial charge in [0.1, 0.15) is 0 Å². The number of benzene rings is 2. The molecule has 0 aliphatic carbocycles. The molecule has 2 aromatic carbocycles. The van der Waals surface area contributed by atoms with Crippen LogP contribution in [-0.2, 0) is 13.0 Å². The number of likely N-dealkylation sites (N-methyl/N-ethyl adjacent to an activating group) is 1. The van der Waals surface area contributed by atoms with Gasteiger partial charge in [0.15, 0.2) is 0 Å². The molecular weight excluding hydrogens is 358 g/mol. The van der Waals surface area contributed by atoms with Crippen LogP contribution in [0.1, 0.15) is 32.7 Å². The Morgan fingerprint density at radius 2 is 1.86 bits per heavy atom. The molecule has 1 aliphatic rings. The van der Waals surface area contributed by atoms with Crippen molar-refractivity contribution < 1.29 is 4.79 Å². The summed E-state index contributed by atoms with van der Waals surface area (Å²) < 4.78 is 0. The number of rotatable bonds is 4. The average Bonchev–Trinajstić information content (AvgIpc) is 2.71. The van der Waals surface area contributed by atoms with Gasteiger partial charge in [-0.25, -0.2) is 0 Å². The fraction of sp³-hybridized carbons (Fsp3) is 0.280. The van der Waals surface area contributed by atoms with Gasteiger partial charge in [0.2, 0.25) is 0 Å². The number of nitrogens with one attached hydrogen (secondary N) is 1. The lowest BCUT2D eigenvalue weighted by Gasteiger charge is -2.34. The first-order chi connectivity index (χ1) is 14.0. The van der Waals surface area contributed by atoms with E-state index in [1.165, 1.54) is 16.7 Å². The van der Waals surface area contributed by atoms with Crippen LogP contribution >= 0.6 is 0 Å². The molecule has 1 N–H and O–H groups in total. The minimum absolute atomic E-state index is 0.0384. The summed E-state index contributed by atoms with van der Waals surface area (Å²) in [6, 6.07) is 20.7. The molecule has 0 spiro atoms. The number of carbonyl (C=O) groups is 1. The first-order valence-electron chi connectivity index (χ1n) is 10.1. The van der Waals surface area contributed by atoms with Gasteiger partial charge in [0.25, 0.3) is 5.91 Å². The molecule has 0 unspecified atom stereocenters. The molecule has 4 nitrogen and oxygen atoms in total. The summed E-state index contributed by atoms with van der Waals surface area (Å²) in [4.78, 5) is 19.7. The van der Waals surface area contributed by atoms with Crippen molar-refractivity contribution in [2.24, 2.45) is 0 Å². The summed E-state index contributed by atoms with van der Waals surface area (Å²) in [5.74, 6) is -0.0384. The summed E-state index contributed by atoms with van der Waals surface area (Å²) in [6.45, 7) is 5.61. The maximum atomic E-state index is 12.8. The minimum Gasteiger partial charge on any atom is -0.350 e. The summed E-state index contributed by atoms with van der Waals surface area (Å²) in [6.07, 6.45) is 0.958. The zero-order valence-electron chi connectivity index (χ0n) is 17.3. The number of pyridine rings is 1. The van der Waals surface area contributed by atoms with Gasteiger partial charge in [0, 0.05) is 36.0 Å². The van der Waals surface area contributed by atoms with E-state index in [1.54, 1.807) is 0 Å². The highest BCUT2D eigenvalue weighted by atomic mass is 16.1. The van der Waals surface area contributed by atoms with Crippen LogP contribution in [0.15, 0.2) is 60.7 Å². The fourth-order valence-electron chi connectivity index (χ4n) is 4.07. The Morgan fingerprint density at radius 3 is 2.66 bits per heavy atom. The maximum Gasteiger partial charge on any atom is 0.251 e. The zero-order chi connectivity index (χ0) is 20.4. The maximum absolute atomic E-state index is 12.8. The summed E-state index contributed by atoms with van der Waals surface area (Å²) in [5.41, 5.74) is 7.45. The van der Waals surface area contributed by atoms with Crippen molar-refractivity contribution in [2.45, 2.75) is 32.9 Å². The van der Waals surface area contributed by atoms with Crippen LogP contribution in [0.2, 0.25) is 0 Å². The van der Waals surface area contributed by atoms with E-state index in [0.29, 0.717) is 18.2 Å². The summed E-state index contributed by atoms with van der Waals surface area (Å²) in [7, 11) is 2.12. The largest absolute Gasteiger partial charge is 0.350 e. The Labute approximate surface area is 172 Å². The molecule has 0 radical (unpaired) electrons. The van der Waals surface area contributed by atoms with Gasteiger partial charge in [-0.2, -0.15) is 0 Å². The normalized spacial score (nSPS) is 16.3. The van der Waals surface area contributed by atoms with E-state index in [1.807, 2.05) is 31.2 Å². The van der Waals surface area contributed by atoms with Crippen molar-refractivity contribution in [3.8, 4) is 11.3 Å². The van der Waals surface area contributed by atoms with Crippen LogP contribution in [0.4, 0.5) is 0 Å². The second kappa shape index (κ2) is 8.18. The van der Waals surface area contributed by atoms with Crippen LogP contribution in [0.5, 0.6) is 0 Å². The smallest absolute Gasteiger partial charge is 0.251 e. The molecule has 1 amide bonds. The average molecular weight is 386 g/mol. The van der Waals surface area contributed by atoms with Crippen LogP contribution in [0.25, 0.3) is 11.3 Å². The SMILES string of the molecule is Cc1cc(C)nc(-c2cccc(C(=O)NC[C@@H]3Cc4ccccc4CN3C)c2)c1. The second-order valence-electron chi connectivity index (χ2n) is 8.00. The molecule has 4 heteroatoms. The molecule has 1 aromatic heterocycles. The molecule has 0 fully saturated rings. The van der Waals surface area contributed by atoms with Crippen molar-refractivity contribution in [3.05, 3.63) is 88.6 Å². The Morgan fingerprint density at radius 1 is 1.07 bits per heavy atom. The van der Waals surface area contributed by atoms with E-state index in [9.17, 15) is 4.79 Å². The summed E-state index contributed by atoms with van der Waals surface area (Å²) in [5, 5.41) is 3.13. The fourth-order valence-corrected chi connectivity index (χ4v) is 4.07. The van der Waals surface area contributed by atoms with Gasteiger partial charge in [-0.05, 0) is 68.3 Å². The molecule has 2 heterocycles. The third-order valence-electron chi connectivity index (χ3n) is 5.63. The Bertz CT molecular complexity index is 1020. The van der Waals surface area contributed by atoms with Crippen LogP contribution in [0, 0.1) is 13.8 Å². The minimum atomic E-state index is -0.0384. The molecule has 1 aliphatic heterocycles. The number of hydrogen-bond donors (Lipinski definition) is 1. The number of carbonyl (C=O) groups excluding carboxylic acids is 1. The van der Waals surface area contributed by atoms with Crippen LogP contribution in [-0.4, -0.2) is 35.4 Å². The van der Waals surface area contributed by atoms with Crippen molar-refractivity contribution in [3.63, 3.8) is 0 Å². The molecule has 4 rings (SSSR count). The Balaban J connectivity index is 1.45. The quantitative estimate of drug-likeness (QED) is 0.734. The monoisotopic (exact) mass is 385 g/mol. The topological polar surface area (TPSA) is 45.2 Å². The van der Waals surface area contributed by atoms with E-state index in [2.05, 4.69) is 65.6 Å². The van der Waals surface area contributed by atoms with Crippen LogP contribution < -0.4 is 5.32 Å². The molecule has 0 bridgehead atoms. The highest BCUT2D eigenvalue weighted by molar-refractivity contribution is 5.95. The first kappa shape index (κ1) is 19.3. The predicted molar refractivity (Wildman–Crippen MR) is 117 cm³/mol. The highest BCUT2D eigenvalue weighted by Crippen LogP contribution is 2.22. The Kier molecular flexibility index (Phi) is 5.45. The number of aromatic nitrogens is 1. The van der Waals surface area contributed by atoms with E-state index in [4.69, 9.17) is 0 Å². The first-order valence-corrected chi connectivity index (χ1v) is 10.1. The number of hydrogen-bond acceptors (Lipinski definition) is 3. The van der Waals surface area contributed by atoms with E-state index < -0.39 is 0 Å². The third kappa shape index (κ3) is 4.38. The van der Waals surface area contributed by atoms with Gasteiger partial charge in [-0.3, -0.25) is 14.7 Å². The Hall–Kier alpha value is -2.98. The van der Waals surface area contributed by atoms with E-state index >= 15 is 0 Å². The van der Waals surface area contributed by atoms with Crippen molar-refractivity contribution in [1.29, 1.82) is 0 Å². The van der Waals surface area contributed by atoms with Crippen molar-refractivity contribution in [1.82, 2.24) is 15.2 Å². The van der Waals surface area contributed by atoms with Gasteiger partial charge in [-0.15, -0.1) is 0 Å². The van der Waals surface area contributed by atoms with E-state index in [-0.39, 0.29) is 5.91 Å². The third-order valence-corrected chi connectivity index (χ3v) is 5.63. The summed E-state index contributed by atoms with van der Waals surface area (Å²) >= 11 is 0. The molecule has 0 saturated carbocycles. The van der Waals surface area contributed by atoms with E-state index in [0.717, 1.165) is 29.9 Å². The van der Waals surface area contributed by atoms with Crippen molar-refractivity contribution >= 4 is 5.91 Å². The molecule has 1 atom stereocenters. The number of nitrogens with zero attached hydrogens (tertiary/aromatic N) is 2. The second-order valence-corrected chi connectivity index (χ2v) is 8.00. The lowest BCUT2D eigenvalue weighted by atomic mass is 9.94. The van der Waals surface area contributed by atoms with Gasteiger partial charge >= 0.3 is 0 Å². The molecule has 29 heavy (non-hydrogen) atoms. The number of fused-ring (bicyclic) bond motifs is 1. The molecular formula is C25H27N3O. The van der Waals surface area contributed by atoms with Gasteiger partial charge in [0.05, 0.1) is 5.69 Å². The standard InChI is InChI=1S/C25H27N3O/c1-17-11-18(2)27-24(12-17)20-9-6-10-21(13-20)25(29)26-15-23-14-19-7-4-5-8-22(19)16-28(23)3/h4-13,23H,14-16H2,1-3H3,(H,26,29)/t23-/m0/s1. The predicted octanol–water partition coefficient (Wildman–Crippen LogP) is 4.15. The molecule has 148 valence electrons. The number of aryl methyl sites for hydroxylation is 2. The molecule has 0 saturated heterocycles. The zero-order valence-corrected chi connectivity index (χ0v) is 17.3. The molecule has 3 aromatic rings. The highest BCUT2D eigenvalue weighted by Gasteiger charge is 2.23. The lowest BCUT2D eigenvalue weighted by Crippen LogP contribution is -2.45. The lowest BCUT2D eigenvalue weighted by molar-refractivity contribution is 0.0934. The van der Waals surface area contributed by atoms with Crippen molar-refractivity contribution in [2.75, 3.05) is 13.6 Å². The van der Waals surface area contributed by atoms with Gasteiger partial charge < -0.3 is 5.32 Å².